The van der Waals surface area contributed by atoms with E-state index in [2.05, 4.69) is 16.5 Å². The maximum atomic E-state index is 12.3. The van der Waals surface area contributed by atoms with Gasteiger partial charge in [-0.2, -0.15) is 9.94 Å². The molecule has 3 rings (SSSR count). The molecule has 10 heteroatoms. The molecule has 2 aromatic rings. The zero-order valence-corrected chi connectivity index (χ0v) is 16.8. The Balaban J connectivity index is 1.77. The molecular formula is C16H16IN5O3S. The lowest BCUT2D eigenvalue weighted by atomic mass is 9.97. The molecule has 0 spiro atoms. The number of hydrogen-bond donors (Lipinski definition) is 1. The summed E-state index contributed by atoms with van der Waals surface area (Å²) < 4.78 is 1.61. The Morgan fingerprint density at radius 3 is 2.81 bits per heavy atom. The van der Waals surface area contributed by atoms with E-state index in [1.807, 2.05) is 22.6 Å². The van der Waals surface area contributed by atoms with E-state index < -0.39 is 4.92 Å². The summed E-state index contributed by atoms with van der Waals surface area (Å²) in [6.45, 7) is -0.142. The number of aryl methyl sites for hydroxylation is 1. The van der Waals surface area contributed by atoms with Crippen LogP contribution in [0.2, 0.25) is 0 Å². The Morgan fingerprint density at radius 1 is 1.42 bits per heavy atom. The summed E-state index contributed by atoms with van der Waals surface area (Å²) in [7, 11) is 0. The summed E-state index contributed by atoms with van der Waals surface area (Å²) in [5.74, 6) is -0.625. The molecule has 0 atom stereocenters. The third-order valence-corrected chi connectivity index (χ3v) is 6.18. The molecule has 1 amide bonds. The monoisotopic (exact) mass is 485 g/mol. The van der Waals surface area contributed by atoms with Crippen LogP contribution in [-0.2, 0) is 24.2 Å². The summed E-state index contributed by atoms with van der Waals surface area (Å²) in [6, 6.07) is 2.23. The number of halogens is 1. The predicted molar refractivity (Wildman–Crippen MR) is 105 cm³/mol. The lowest BCUT2D eigenvalue weighted by molar-refractivity contribution is -0.390. The molecule has 1 N–H and O–H groups in total. The second kappa shape index (κ2) is 8.13. The second-order valence-electron chi connectivity index (χ2n) is 6.04. The molecule has 0 aliphatic heterocycles. The Morgan fingerprint density at radius 2 is 2.15 bits per heavy atom. The Kier molecular flexibility index (Phi) is 5.87. The molecule has 0 aromatic carbocycles. The van der Waals surface area contributed by atoms with Gasteiger partial charge in [-0.1, -0.05) is 12.8 Å². The predicted octanol–water partition coefficient (Wildman–Crippen LogP) is 3.63. The normalized spacial score (nSPS) is 14.0. The second-order valence-corrected chi connectivity index (χ2v) is 8.30. The van der Waals surface area contributed by atoms with Gasteiger partial charge in [0, 0.05) is 4.88 Å². The Hall–Kier alpha value is -2.00. The van der Waals surface area contributed by atoms with Crippen molar-refractivity contribution in [2.24, 2.45) is 0 Å². The van der Waals surface area contributed by atoms with Crippen LogP contribution < -0.4 is 5.32 Å². The average Bonchev–Trinajstić information content (AvgIpc) is 3.07. The maximum Gasteiger partial charge on any atom is 0.403 e. The number of nitrogens with one attached hydrogen (secondary N) is 1. The number of nitriles is 1. The van der Waals surface area contributed by atoms with Crippen LogP contribution in [0.4, 0.5) is 10.8 Å². The molecule has 0 saturated heterocycles. The van der Waals surface area contributed by atoms with Gasteiger partial charge in [-0.3, -0.25) is 4.79 Å². The van der Waals surface area contributed by atoms with E-state index in [1.165, 1.54) is 39.9 Å². The first kappa shape index (κ1) is 18.8. The minimum Gasteiger partial charge on any atom is -0.358 e. The van der Waals surface area contributed by atoms with Gasteiger partial charge in [0.05, 0.1) is 16.9 Å². The van der Waals surface area contributed by atoms with Crippen LogP contribution in [-0.4, -0.2) is 20.6 Å². The molecule has 0 unspecified atom stereocenters. The van der Waals surface area contributed by atoms with Crippen LogP contribution >= 0.6 is 33.9 Å². The topological polar surface area (TPSA) is 114 Å². The first-order valence-corrected chi connectivity index (χ1v) is 10.1. The standard InChI is InChI=1S/C16H16IN5O3S/c17-12-8-21(20-15(12)22(24)25)9-14(23)19-16-11(7-18)10-5-3-1-2-4-6-13(10)26-16/h8H,1-6,9H2,(H,19,23). The van der Waals surface area contributed by atoms with Gasteiger partial charge in [0.2, 0.25) is 5.91 Å². The van der Waals surface area contributed by atoms with Crippen molar-refractivity contribution in [2.75, 3.05) is 5.32 Å². The highest BCUT2D eigenvalue weighted by Gasteiger charge is 2.23. The van der Waals surface area contributed by atoms with E-state index >= 15 is 0 Å². The van der Waals surface area contributed by atoms with Crippen molar-refractivity contribution in [3.63, 3.8) is 0 Å². The van der Waals surface area contributed by atoms with Gasteiger partial charge < -0.3 is 15.4 Å². The largest absolute Gasteiger partial charge is 0.403 e. The van der Waals surface area contributed by atoms with Crippen LogP contribution in [0.1, 0.15) is 41.7 Å². The molecule has 0 saturated carbocycles. The molecule has 0 fully saturated rings. The lowest BCUT2D eigenvalue weighted by Crippen LogP contribution is -2.19. The van der Waals surface area contributed by atoms with Crippen molar-refractivity contribution in [1.82, 2.24) is 9.78 Å². The van der Waals surface area contributed by atoms with Crippen LogP contribution in [0, 0.1) is 25.0 Å². The van der Waals surface area contributed by atoms with Crippen LogP contribution in [0.3, 0.4) is 0 Å². The average molecular weight is 485 g/mol. The van der Waals surface area contributed by atoms with Crippen molar-refractivity contribution in [1.29, 1.82) is 5.26 Å². The summed E-state index contributed by atoms with van der Waals surface area (Å²) in [5, 5.41) is 27.6. The molecule has 2 heterocycles. The number of carbonyl (C=O) groups is 1. The molecule has 1 aliphatic carbocycles. The van der Waals surface area contributed by atoms with Crippen molar-refractivity contribution in [3.05, 3.63) is 35.9 Å². The highest BCUT2D eigenvalue weighted by molar-refractivity contribution is 14.1. The van der Waals surface area contributed by atoms with Gasteiger partial charge in [0.1, 0.15) is 21.2 Å². The summed E-state index contributed by atoms with van der Waals surface area (Å²) in [5.41, 5.74) is 1.62. The fourth-order valence-electron chi connectivity index (χ4n) is 3.03. The van der Waals surface area contributed by atoms with Gasteiger partial charge in [0.25, 0.3) is 0 Å². The third-order valence-electron chi connectivity index (χ3n) is 4.21. The first-order chi connectivity index (χ1) is 12.5. The molecular weight excluding hydrogens is 469 g/mol. The smallest absolute Gasteiger partial charge is 0.358 e. The minimum absolute atomic E-state index is 0.142. The van der Waals surface area contributed by atoms with Crippen molar-refractivity contribution in [3.8, 4) is 6.07 Å². The van der Waals surface area contributed by atoms with Crippen LogP contribution in [0.5, 0.6) is 0 Å². The number of nitrogens with zero attached hydrogens (tertiary/aromatic N) is 4. The Labute approximate surface area is 167 Å². The fourth-order valence-corrected chi connectivity index (χ4v) is 4.91. The number of hydrogen-bond acceptors (Lipinski definition) is 6. The molecule has 8 nitrogen and oxygen atoms in total. The molecule has 136 valence electrons. The zero-order valence-electron chi connectivity index (χ0n) is 13.8. The Bertz CT molecular complexity index is 899. The molecule has 2 aromatic heterocycles. The molecule has 0 bridgehead atoms. The van der Waals surface area contributed by atoms with Gasteiger partial charge in [-0.15, -0.1) is 11.3 Å². The first-order valence-electron chi connectivity index (χ1n) is 8.21. The molecule has 0 radical (unpaired) electrons. The lowest BCUT2D eigenvalue weighted by Gasteiger charge is -2.08. The number of carbonyl (C=O) groups excluding carboxylic acids is 1. The summed E-state index contributed by atoms with van der Waals surface area (Å²) in [6.07, 6.45) is 7.78. The van der Waals surface area contributed by atoms with Crippen molar-refractivity contribution >= 4 is 50.7 Å². The number of rotatable bonds is 4. The quantitative estimate of drug-likeness (QED) is 0.404. The third kappa shape index (κ3) is 4.04. The van der Waals surface area contributed by atoms with Gasteiger partial charge >= 0.3 is 5.82 Å². The van der Waals surface area contributed by atoms with E-state index in [0.717, 1.165) is 31.2 Å². The highest BCUT2D eigenvalue weighted by atomic mass is 127. The van der Waals surface area contributed by atoms with Gasteiger partial charge in [0.15, 0.2) is 0 Å². The number of thiophene rings is 1. The number of nitro groups is 1. The highest BCUT2D eigenvalue weighted by Crippen LogP contribution is 2.36. The number of aromatic nitrogens is 2. The van der Waals surface area contributed by atoms with Crippen molar-refractivity contribution in [2.45, 2.75) is 45.1 Å². The SMILES string of the molecule is N#Cc1c(NC(=O)Cn2cc(I)c([N+](=O)[O-])n2)sc2c1CCCCCC2. The molecule has 26 heavy (non-hydrogen) atoms. The minimum atomic E-state index is -0.580. The fraction of sp³-hybridized carbons (Fsp3) is 0.438. The summed E-state index contributed by atoms with van der Waals surface area (Å²) >= 11 is 3.28. The summed E-state index contributed by atoms with van der Waals surface area (Å²) in [4.78, 5) is 23.8. The zero-order chi connectivity index (χ0) is 18.7. The van der Waals surface area contributed by atoms with E-state index in [9.17, 15) is 20.2 Å². The molecule has 1 aliphatic rings. The van der Waals surface area contributed by atoms with Crippen molar-refractivity contribution < 1.29 is 9.72 Å². The van der Waals surface area contributed by atoms with E-state index in [4.69, 9.17) is 0 Å². The van der Waals surface area contributed by atoms with Crippen LogP contribution in [0.15, 0.2) is 6.20 Å². The van der Waals surface area contributed by atoms with E-state index in [1.54, 1.807) is 0 Å². The van der Waals surface area contributed by atoms with E-state index in [-0.39, 0.29) is 18.3 Å². The van der Waals surface area contributed by atoms with Gasteiger partial charge in [-0.25, -0.2) is 0 Å². The number of fused-ring (bicyclic) bond motifs is 1. The van der Waals surface area contributed by atoms with E-state index in [0.29, 0.717) is 14.1 Å². The number of amides is 1. The van der Waals surface area contributed by atoms with Crippen LogP contribution in [0.25, 0.3) is 0 Å². The number of anilines is 1. The maximum absolute atomic E-state index is 12.3. The van der Waals surface area contributed by atoms with Gasteiger partial charge in [-0.05, 0) is 58.8 Å².